The highest BCUT2D eigenvalue weighted by Crippen LogP contribution is 2.35. The normalized spacial score (nSPS) is 12.0. The van der Waals surface area contributed by atoms with Crippen molar-refractivity contribution in [1.82, 2.24) is 0 Å². The molecule has 0 saturated carbocycles. The van der Waals surface area contributed by atoms with E-state index in [4.69, 9.17) is 21.1 Å². The van der Waals surface area contributed by atoms with Gasteiger partial charge in [-0.3, -0.25) is 0 Å². The second-order valence-electron chi connectivity index (χ2n) is 3.26. The number of fused-ring (bicyclic) bond motifs is 1. The van der Waals surface area contributed by atoms with E-state index in [0.29, 0.717) is 6.07 Å². The van der Waals surface area contributed by atoms with E-state index < -0.39 is 23.5 Å². The number of carboxylic acid groups (broad SMARTS) is 1. The zero-order valence-corrected chi connectivity index (χ0v) is 8.76. The first-order chi connectivity index (χ1) is 7.80. The maximum absolute atomic E-state index is 12.4. The maximum atomic E-state index is 12.4. The van der Waals surface area contributed by atoms with Gasteiger partial charge in [0.25, 0.3) is 0 Å². The molecular weight excluding hydrogens is 261 g/mol. The molecule has 1 aromatic heterocycles. The van der Waals surface area contributed by atoms with E-state index in [0.717, 1.165) is 12.1 Å². The standard InChI is InChI=1S/C10H4ClF3O3/c11-7-5-2-1-4(10(12,13)14)3-6(5)17-8(7)9(15)16/h1-3H,(H,15,16). The molecule has 1 heterocycles. The molecule has 0 fully saturated rings. The zero-order chi connectivity index (χ0) is 12.8. The molecule has 2 rings (SSSR count). The first-order valence-corrected chi connectivity index (χ1v) is 4.71. The smallest absolute Gasteiger partial charge is 0.416 e. The maximum Gasteiger partial charge on any atom is 0.416 e. The summed E-state index contributed by atoms with van der Waals surface area (Å²) in [6.07, 6.45) is -4.52. The average molecular weight is 265 g/mol. The van der Waals surface area contributed by atoms with Crippen molar-refractivity contribution in [3.63, 3.8) is 0 Å². The lowest BCUT2D eigenvalue weighted by atomic mass is 10.1. The number of carbonyl (C=O) groups is 1. The van der Waals surface area contributed by atoms with Gasteiger partial charge in [0.05, 0.1) is 5.56 Å². The van der Waals surface area contributed by atoms with Gasteiger partial charge in [-0.25, -0.2) is 4.79 Å². The van der Waals surface area contributed by atoms with Gasteiger partial charge in [-0.05, 0) is 18.2 Å². The fraction of sp³-hybridized carbons (Fsp3) is 0.100. The van der Waals surface area contributed by atoms with Crippen molar-refractivity contribution in [2.24, 2.45) is 0 Å². The predicted molar refractivity (Wildman–Crippen MR) is 53.2 cm³/mol. The summed E-state index contributed by atoms with van der Waals surface area (Å²) in [7, 11) is 0. The van der Waals surface area contributed by atoms with Crippen LogP contribution in [0.25, 0.3) is 11.0 Å². The third kappa shape index (κ3) is 1.95. The Labute approximate surface area is 97.4 Å². The molecule has 0 aliphatic heterocycles. The second kappa shape index (κ2) is 3.66. The molecule has 0 atom stereocenters. The van der Waals surface area contributed by atoms with Crippen molar-refractivity contribution < 1.29 is 27.5 Å². The highest BCUT2D eigenvalue weighted by molar-refractivity contribution is 6.38. The van der Waals surface area contributed by atoms with Crippen molar-refractivity contribution in [1.29, 1.82) is 0 Å². The van der Waals surface area contributed by atoms with Crippen LogP contribution in [0.2, 0.25) is 5.02 Å². The largest absolute Gasteiger partial charge is 0.475 e. The van der Waals surface area contributed by atoms with Crippen molar-refractivity contribution in [3.8, 4) is 0 Å². The second-order valence-corrected chi connectivity index (χ2v) is 3.64. The van der Waals surface area contributed by atoms with Crippen LogP contribution < -0.4 is 0 Å². The van der Waals surface area contributed by atoms with Crippen LogP contribution in [0.15, 0.2) is 22.6 Å². The lowest BCUT2D eigenvalue weighted by Gasteiger charge is -2.04. The quantitative estimate of drug-likeness (QED) is 0.852. The van der Waals surface area contributed by atoms with Gasteiger partial charge in [0, 0.05) is 5.39 Å². The Morgan fingerprint density at radius 3 is 2.53 bits per heavy atom. The molecule has 0 spiro atoms. The molecular formula is C10H4ClF3O3. The van der Waals surface area contributed by atoms with Gasteiger partial charge in [-0.2, -0.15) is 13.2 Å². The average Bonchev–Trinajstić information content (AvgIpc) is 2.54. The first-order valence-electron chi connectivity index (χ1n) is 4.33. The summed E-state index contributed by atoms with van der Waals surface area (Å²) >= 11 is 5.66. The minimum Gasteiger partial charge on any atom is -0.475 e. The van der Waals surface area contributed by atoms with Crippen LogP contribution in [0.1, 0.15) is 16.1 Å². The number of alkyl halides is 3. The van der Waals surface area contributed by atoms with Gasteiger partial charge in [0.2, 0.25) is 5.76 Å². The topological polar surface area (TPSA) is 50.4 Å². The molecule has 1 aromatic carbocycles. The molecule has 3 nitrogen and oxygen atoms in total. The number of carboxylic acids is 1. The summed E-state index contributed by atoms with van der Waals surface area (Å²) in [4.78, 5) is 10.7. The number of aromatic carboxylic acids is 1. The van der Waals surface area contributed by atoms with E-state index in [1.54, 1.807) is 0 Å². The summed E-state index contributed by atoms with van der Waals surface area (Å²) in [6, 6.07) is 2.61. The Morgan fingerprint density at radius 2 is 2.00 bits per heavy atom. The molecule has 0 saturated heterocycles. The van der Waals surface area contributed by atoms with Crippen LogP contribution >= 0.6 is 11.6 Å². The number of furan rings is 1. The van der Waals surface area contributed by atoms with Crippen molar-refractivity contribution in [2.75, 3.05) is 0 Å². The van der Waals surface area contributed by atoms with Crippen LogP contribution in [0.5, 0.6) is 0 Å². The molecule has 7 heteroatoms. The Kier molecular flexibility index (Phi) is 2.54. The zero-order valence-electron chi connectivity index (χ0n) is 8.01. The molecule has 0 aliphatic carbocycles. The van der Waals surface area contributed by atoms with Crippen molar-refractivity contribution >= 4 is 28.5 Å². The fourth-order valence-corrected chi connectivity index (χ4v) is 1.65. The molecule has 0 aliphatic rings. The summed E-state index contributed by atoms with van der Waals surface area (Å²) < 4.78 is 41.9. The molecule has 0 amide bonds. The molecule has 0 bridgehead atoms. The van der Waals surface area contributed by atoms with Crippen molar-refractivity contribution in [3.05, 3.63) is 34.5 Å². The Bertz CT molecular complexity index is 601. The van der Waals surface area contributed by atoms with Crippen molar-refractivity contribution in [2.45, 2.75) is 6.18 Å². The number of halogens is 4. The summed E-state index contributed by atoms with van der Waals surface area (Å²) in [5.41, 5.74) is -1.13. The monoisotopic (exact) mass is 264 g/mol. The summed E-state index contributed by atoms with van der Waals surface area (Å²) in [5.74, 6) is -2.00. The van der Waals surface area contributed by atoms with E-state index in [-0.39, 0.29) is 16.0 Å². The number of hydrogen-bond acceptors (Lipinski definition) is 2. The Morgan fingerprint density at radius 1 is 1.35 bits per heavy atom. The molecule has 0 radical (unpaired) electrons. The lowest BCUT2D eigenvalue weighted by Crippen LogP contribution is -2.03. The van der Waals surface area contributed by atoms with Gasteiger partial charge in [0.15, 0.2) is 0 Å². The number of benzene rings is 1. The number of rotatable bonds is 1. The van der Waals surface area contributed by atoms with E-state index in [1.807, 2.05) is 0 Å². The van der Waals surface area contributed by atoms with E-state index >= 15 is 0 Å². The lowest BCUT2D eigenvalue weighted by molar-refractivity contribution is -0.137. The van der Waals surface area contributed by atoms with E-state index in [2.05, 4.69) is 0 Å². The predicted octanol–water partition coefficient (Wildman–Crippen LogP) is 3.80. The van der Waals surface area contributed by atoms with Gasteiger partial charge in [-0.1, -0.05) is 11.6 Å². The molecule has 2 aromatic rings. The van der Waals surface area contributed by atoms with Gasteiger partial charge >= 0.3 is 12.1 Å². The highest BCUT2D eigenvalue weighted by atomic mass is 35.5. The molecule has 0 unspecified atom stereocenters. The molecule has 17 heavy (non-hydrogen) atoms. The summed E-state index contributed by atoms with van der Waals surface area (Å²) in [5, 5.41) is 8.62. The SMILES string of the molecule is O=C(O)c1oc2cc(C(F)(F)F)ccc2c1Cl. The highest BCUT2D eigenvalue weighted by Gasteiger charge is 2.31. The molecule has 90 valence electrons. The Hall–Kier alpha value is -1.69. The van der Waals surface area contributed by atoms with Gasteiger partial charge in [-0.15, -0.1) is 0 Å². The van der Waals surface area contributed by atoms with E-state index in [9.17, 15) is 18.0 Å². The number of hydrogen-bond donors (Lipinski definition) is 1. The third-order valence-electron chi connectivity index (χ3n) is 2.15. The minimum atomic E-state index is -4.52. The fourth-order valence-electron chi connectivity index (χ4n) is 1.38. The third-order valence-corrected chi connectivity index (χ3v) is 2.53. The first kappa shape index (κ1) is 11.8. The Balaban J connectivity index is 2.68. The molecule has 1 N–H and O–H groups in total. The van der Waals surface area contributed by atoms with Gasteiger partial charge < -0.3 is 9.52 Å². The van der Waals surface area contributed by atoms with E-state index in [1.165, 1.54) is 0 Å². The summed E-state index contributed by atoms with van der Waals surface area (Å²) in [6.45, 7) is 0. The van der Waals surface area contributed by atoms with Crippen LogP contribution in [0.3, 0.4) is 0 Å². The van der Waals surface area contributed by atoms with Gasteiger partial charge in [0.1, 0.15) is 10.6 Å². The van der Waals surface area contributed by atoms with Crippen LogP contribution in [-0.4, -0.2) is 11.1 Å². The minimum absolute atomic E-state index is 0.136. The van der Waals surface area contributed by atoms with Crippen LogP contribution in [0.4, 0.5) is 13.2 Å². The van der Waals surface area contributed by atoms with Crippen LogP contribution in [0, 0.1) is 0 Å². The van der Waals surface area contributed by atoms with Crippen LogP contribution in [-0.2, 0) is 6.18 Å².